The maximum Gasteiger partial charge on any atom is 0.321 e. The molecule has 5 nitrogen and oxygen atoms in total. The molecule has 1 aliphatic rings. The molecular weight excluding hydrogens is 417 g/mol. The molecule has 0 bridgehead atoms. The lowest BCUT2D eigenvalue weighted by Crippen LogP contribution is -2.43. The number of hydrogen-bond acceptors (Lipinski definition) is 3. The lowest BCUT2D eigenvalue weighted by atomic mass is 9.99. The number of anilines is 1. The van der Waals surface area contributed by atoms with Crippen LogP contribution in [0.4, 0.5) is 14.9 Å². The summed E-state index contributed by atoms with van der Waals surface area (Å²) in [4.78, 5) is 16.4. The first-order chi connectivity index (χ1) is 16.0. The summed E-state index contributed by atoms with van der Waals surface area (Å²) in [6, 6.07) is 22.4. The zero-order chi connectivity index (χ0) is 23.2. The second-order valence-corrected chi connectivity index (χ2v) is 8.67. The van der Waals surface area contributed by atoms with E-state index in [-0.39, 0.29) is 18.0 Å². The van der Waals surface area contributed by atoms with Gasteiger partial charge in [-0.15, -0.1) is 0 Å². The SMILES string of the molecule is CN(C)Cc1ccccc1-c1cccc(OC2CCN(C(=O)Nc3cccc(F)c3)CC2)c1. The van der Waals surface area contributed by atoms with E-state index < -0.39 is 0 Å². The van der Waals surface area contributed by atoms with Crippen molar-refractivity contribution in [2.24, 2.45) is 0 Å². The monoisotopic (exact) mass is 447 g/mol. The summed E-state index contributed by atoms with van der Waals surface area (Å²) in [5.74, 6) is 0.473. The van der Waals surface area contributed by atoms with Crippen molar-refractivity contribution in [3.63, 3.8) is 0 Å². The predicted octanol–water partition coefficient (Wildman–Crippen LogP) is 5.63. The van der Waals surface area contributed by atoms with Crippen LogP contribution >= 0.6 is 0 Å². The van der Waals surface area contributed by atoms with Crippen LogP contribution in [0.5, 0.6) is 5.75 Å². The van der Waals surface area contributed by atoms with Gasteiger partial charge in [-0.1, -0.05) is 42.5 Å². The Morgan fingerprint density at radius 3 is 2.55 bits per heavy atom. The van der Waals surface area contributed by atoms with Crippen LogP contribution in [0.3, 0.4) is 0 Å². The van der Waals surface area contributed by atoms with E-state index >= 15 is 0 Å². The number of nitrogens with zero attached hydrogens (tertiary/aromatic N) is 2. The molecule has 0 aliphatic carbocycles. The molecule has 0 radical (unpaired) electrons. The molecular formula is C27H30FN3O2. The van der Waals surface area contributed by atoms with Gasteiger partial charge in [-0.3, -0.25) is 0 Å². The lowest BCUT2D eigenvalue weighted by molar-refractivity contribution is 0.115. The number of carbonyl (C=O) groups excluding carboxylic acids is 1. The molecule has 172 valence electrons. The molecule has 1 aliphatic heterocycles. The minimum absolute atomic E-state index is 0.0514. The van der Waals surface area contributed by atoms with Gasteiger partial charge < -0.3 is 19.9 Å². The summed E-state index contributed by atoms with van der Waals surface area (Å²) in [5.41, 5.74) is 4.08. The fourth-order valence-corrected chi connectivity index (χ4v) is 4.16. The average molecular weight is 448 g/mol. The van der Waals surface area contributed by atoms with Gasteiger partial charge in [-0.05, 0) is 61.1 Å². The summed E-state index contributed by atoms with van der Waals surface area (Å²) in [5, 5.41) is 2.76. The Morgan fingerprint density at radius 2 is 1.79 bits per heavy atom. The van der Waals surface area contributed by atoms with Gasteiger partial charge in [0.15, 0.2) is 0 Å². The van der Waals surface area contributed by atoms with Crippen molar-refractivity contribution in [3.8, 4) is 16.9 Å². The minimum atomic E-state index is -0.369. The van der Waals surface area contributed by atoms with E-state index in [1.807, 2.05) is 12.1 Å². The Labute approximate surface area is 194 Å². The van der Waals surface area contributed by atoms with Gasteiger partial charge in [0.25, 0.3) is 0 Å². The van der Waals surface area contributed by atoms with E-state index in [4.69, 9.17) is 4.74 Å². The Bertz CT molecular complexity index is 1090. The number of rotatable bonds is 6. The zero-order valence-corrected chi connectivity index (χ0v) is 19.1. The Hall–Kier alpha value is -3.38. The second kappa shape index (κ2) is 10.5. The van der Waals surface area contributed by atoms with Crippen LogP contribution in [0, 0.1) is 5.82 Å². The number of halogens is 1. The smallest absolute Gasteiger partial charge is 0.321 e. The Kier molecular flexibility index (Phi) is 7.25. The molecule has 1 heterocycles. The van der Waals surface area contributed by atoms with Crippen LogP contribution in [0.15, 0.2) is 72.8 Å². The molecule has 2 amide bonds. The lowest BCUT2D eigenvalue weighted by Gasteiger charge is -2.32. The van der Waals surface area contributed by atoms with Crippen molar-refractivity contribution in [1.29, 1.82) is 0 Å². The molecule has 0 saturated carbocycles. The van der Waals surface area contributed by atoms with Gasteiger partial charge in [0.05, 0.1) is 0 Å². The number of amides is 2. The molecule has 0 spiro atoms. The highest BCUT2D eigenvalue weighted by Gasteiger charge is 2.24. The fraction of sp³-hybridized carbons (Fsp3) is 0.296. The van der Waals surface area contributed by atoms with Crippen LogP contribution in [0.2, 0.25) is 0 Å². The number of benzene rings is 3. The van der Waals surface area contributed by atoms with Crippen LogP contribution in [-0.4, -0.2) is 49.1 Å². The number of urea groups is 1. The van der Waals surface area contributed by atoms with Crippen LogP contribution in [0.1, 0.15) is 18.4 Å². The first kappa shape index (κ1) is 22.8. The number of likely N-dealkylation sites (tertiary alicyclic amines) is 1. The highest BCUT2D eigenvalue weighted by Crippen LogP contribution is 2.29. The number of ether oxygens (including phenoxy) is 1. The average Bonchev–Trinajstić information content (AvgIpc) is 2.80. The molecule has 4 rings (SSSR count). The van der Waals surface area contributed by atoms with E-state index in [1.54, 1.807) is 17.0 Å². The van der Waals surface area contributed by atoms with Crippen molar-refractivity contribution in [2.75, 3.05) is 32.5 Å². The standard InChI is InChI=1S/C27H30FN3O2/c1-30(2)19-21-7-3-4-12-26(21)20-8-5-11-25(17-20)33-24-13-15-31(16-14-24)27(32)29-23-10-6-9-22(28)18-23/h3-12,17-18,24H,13-16,19H2,1-2H3,(H,29,32). The molecule has 0 aromatic heterocycles. The molecule has 6 heteroatoms. The predicted molar refractivity (Wildman–Crippen MR) is 130 cm³/mol. The third-order valence-corrected chi connectivity index (χ3v) is 5.76. The maximum atomic E-state index is 13.3. The van der Waals surface area contributed by atoms with Gasteiger partial charge >= 0.3 is 6.03 Å². The molecule has 1 N–H and O–H groups in total. The Balaban J connectivity index is 1.35. The second-order valence-electron chi connectivity index (χ2n) is 8.67. The molecule has 0 atom stereocenters. The van der Waals surface area contributed by atoms with Crippen LogP contribution in [-0.2, 0) is 6.54 Å². The van der Waals surface area contributed by atoms with Gasteiger partial charge in [0.1, 0.15) is 17.7 Å². The molecule has 33 heavy (non-hydrogen) atoms. The van der Waals surface area contributed by atoms with Gasteiger partial charge in [0, 0.05) is 38.2 Å². The third-order valence-electron chi connectivity index (χ3n) is 5.76. The molecule has 1 fully saturated rings. The topological polar surface area (TPSA) is 44.8 Å². The van der Waals surface area contributed by atoms with Crippen molar-refractivity contribution >= 4 is 11.7 Å². The first-order valence-corrected chi connectivity index (χ1v) is 11.3. The fourth-order valence-electron chi connectivity index (χ4n) is 4.16. The van der Waals surface area contributed by atoms with E-state index in [1.165, 1.54) is 23.3 Å². The summed E-state index contributed by atoms with van der Waals surface area (Å²) in [7, 11) is 4.14. The molecule has 3 aromatic rings. The van der Waals surface area contributed by atoms with Crippen molar-refractivity contribution in [1.82, 2.24) is 9.80 Å². The summed E-state index contributed by atoms with van der Waals surface area (Å²) >= 11 is 0. The zero-order valence-electron chi connectivity index (χ0n) is 19.1. The summed E-state index contributed by atoms with van der Waals surface area (Å²) in [6.45, 7) is 2.06. The third kappa shape index (κ3) is 6.11. The van der Waals surface area contributed by atoms with Crippen LogP contribution < -0.4 is 10.1 Å². The van der Waals surface area contributed by atoms with Gasteiger partial charge in [-0.25, -0.2) is 9.18 Å². The van der Waals surface area contributed by atoms with Crippen LogP contribution in [0.25, 0.3) is 11.1 Å². The summed E-state index contributed by atoms with van der Waals surface area (Å²) in [6.07, 6.45) is 1.55. The number of carbonyl (C=O) groups is 1. The normalized spacial score (nSPS) is 14.4. The molecule has 0 unspecified atom stereocenters. The van der Waals surface area contributed by atoms with E-state index in [0.29, 0.717) is 18.8 Å². The van der Waals surface area contributed by atoms with Gasteiger partial charge in [-0.2, -0.15) is 0 Å². The highest BCUT2D eigenvalue weighted by atomic mass is 19.1. The van der Waals surface area contributed by atoms with Crippen molar-refractivity contribution in [3.05, 3.63) is 84.2 Å². The van der Waals surface area contributed by atoms with E-state index in [0.717, 1.165) is 30.7 Å². The number of nitrogens with one attached hydrogen (secondary N) is 1. The van der Waals surface area contributed by atoms with Crippen molar-refractivity contribution in [2.45, 2.75) is 25.5 Å². The molecule has 1 saturated heterocycles. The summed E-state index contributed by atoms with van der Waals surface area (Å²) < 4.78 is 19.6. The Morgan fingerprint density at radius 1 is 1.03 bits per heavy atom. The highest BCUT2D eigenvalue weighted by molar-refractivity contribution is 5.89. The quantitative estimate of drug-likeness (QED) is 0.533. The number of piperidine rings is 1. The van der Waals surface area contributed by atoms with Crippen molar-refractivity contribution < 1.29 is 13.9 Å². The minimum Gasteiger partial charge on any atom is -0.490 e. The van der Waals surface area contributed by atoms with E-state index in [2.05, 4.69) is 60.7 Å². The van der Waals surface area contributed by atoms with Gasteiger partial charge in [0.2, 0.25) is 0 Å². The largest absolute Gasteiger partial charge is 0.490 e. The number of hydrogen-bond donors (Lipinski definition) is 1. The maximum absolute atomic E-state index is 13.3. The van der Waals surface area contributed by atoms with E-state index in [9.17, 15) is 9.18 Å². The molecule has 3 aromatic carbocycles. The first-order valence-electron chi connectivity index (χ1n) is 11.3.